The van der Waals surface area contributed by atoms with Crippen molar-refractivity contribution in [2.45, 2.75) is 13.3 Å². The molecule has 2 heterocycles. The SMILES string of the molecule is CCNC(=NCCc1cnn(C)c1)N1CCN(c2cccc(Cl)c2)CC1. The van der Waals surface area contributed by atoms with Gasteiger partial charge < -0.3 is 15.1 Å². The number of aryl methyl sites for hydroxylation is 1. The summed E-state index contributed by atoms with van der Waals surface area (Å²) in [4.78, 5) is 9.53. The number of anilines is 1. The lowest BCUT2D eigenvalue weighted by Gasteiger charge is -2.37. The van der Waals surface area contributed by atoms with E-state index < -0.39 is 0 Å². The molecule has 2 aromatic rings. The smallest absolute Gasteiger partial charge is 0.194 e. The molecule has 1 saturated heterocycles. The van der Waals surface area contributed by atoms with Gasteiger partial charge in [0.2, 0.25) is 0 Å². The predicted octanol–water partition coefficient (Wildman–Crippen LogP) is 2.40. The van der Waals surface area contributed by atoms with Gasteiger partial charge in [0.25, 0.3) is 0 Å². The first-order chi connectivity index (χ1) is 12.7. The van der Waals surface area contributed by atoms with Crippen molar-refractivity contribution in [1.29, 1.82) is 0 Å². The maximum Gasteiger partial charge on any atom is 0.194 e. The van der Waals surface area contributed by atoms with E-state index in [9.17, 15) is 0 Å². The molecule has 1 aromatic heterocycles. The van der Waals surface area contributed by atoms with Crippen molar-refractivity contribution in [3.8, 4) is 0 Å². The Morgan fingerprint density at radius 3 is 2.73 bits per heavy atom. The zero-order chi connectivity index (χ0) is 18.4. The van der Waals surface area contributed by atoms with Crippen LogP contribution in [0.1, 0.15) is 12.5 Å². The first kappa shape index (κ1) is 18.6. The van der Waals surface area contributed by atoms with E-state index in [1.165, 1.54) is 11.3 Å². The third kappa shape index (κ3) is 4.91. The summed E-state index contributed by atoms with van der Waals surface area (Å²) in [7, 11) is 1.94. The van der Waals surface area contributed by atoms with Crippen molar-refractivity contribution < 1.29 is 0 Å². The van der Waals surface area contributed by atoms with Gasteiger partial charge in [-0.25, -0.2) is 0 Å². The predicted molar refractivity (Wildman–Crippen MR) is 108 cm³/mol. The van der Waals surface area contributed by atoms with E-state index >= 15 is 0 Å². The first-order valence-corrected chi connectivity index (χ1v) is 9.55. The molecule has 1 aliphatic rings. The number of nitrogens with one attached hydrogen (secondary N) is 1. The number of hydrogen-bond acceptors (Lipinski definition) is 3. The summed E-state index contributed by atoms with van der Waals surface area (Å²) in [5.41, 5.74) is 2.41. The number of benzene rings is 1. The van der Waals surface area contributed by atoms with Crippen LogP contribution in [0.3, 0.4) is 0 Å². The van der Waals surface area contributed by atoms with Gasteiger partial charge in [-0.05, 0) is 37.1 Å². The summed E-state index contributed by atoms with van der Waals surface area (Å²) in [6.45, 7) is 7.58. The molecular formula is C19H27ClN6. The van der Waals surface area contributed by atoms with Gasteiger partial charge in [-0.15, -0.1) is 0 Å². The molecule has 26 heavy (non-hydrogen) atoms. The number of nitrogens with zero attached hydrogens (tertiary/aromatic N) is 5. The quantitative estimate of drug-likeness (QED) is 0.645. The third-order valence-electron chi connectivity index (χ3n) is 4.51. The van der Waals surface area contributed by atoms with Gasteiger partial charge in [0.1, 0.15) is 0 Å². The molecule has 0 atom stereocenters. The van der Waals surface area contributed by atoms with Gasteiger partial charge in [-0.3, -0.25) is 9.67 Å². The third-order valence-corrected chi connectivity index (χ3v) is 4.74. The second-order valence-electron chi connectivity index (χ2n) is 6.46. The zero-order valence-corrected chi connectivity index (χ0v) is 16.3. The van der Waals surface area contributed by atoms with Crippen LogP contribution in [0.15, 0.2) is 41.7 Å². The first-order valence-electron chi connectivity index (χ1n) is 9.17. The van der Waals surface area contributed by atoms with Gasteiger partial charge in [0.05, 0.1) is 6.20 Å². The van der Waals surface area contributed by atoms with E-state index in [4.69, 9.17) is 16.6 Å². The molecule has 0 radical (unpaired) electrons. The van der Waals surface area contributed by atoms with Crippen LogP contribution in [-0.4, -0.2) is 59.9 Å². The Labute approximate surface area is 160 Å². The van der Waals surface area contributed by atoms with E-state index in [-0.39, 0.29) is 0 Å². The van der Waals surface area contributed by atoms with Crippen molar-refractivity contribution in [3.05, 3.63) is 47.2 Å². The van der Waals surface area contributed by atoms with Gasteiger partial charge in [0.15, 0.2) is 5.96 Å². The highest BCUT2D eigenvalue weighted by molar-refractivity contribution is 6.30. The van der Waals surface area contributed by atoms with Crippen molar-refractivity contribution in [2.24, 2.45) is 12.0 Å². The Kier molecular flexibility index (Phi) is 6.39. The van der Waals surface area contributed by atoms with E-state index in [1.807, 2.05) is 42.3 Å². The topological polar surface area (TPSA) is 48.7 Å². The number of hydrogen-bond donors (Lipinski definition) is 1. The average molecular weight is 375 g/mol. The van der Waals surface area contributed by atoms with E-state index in [1.54, 1.807) is 0 Å². The van der Waals surface area contributed by atoms with Crippen LogP contribution >= 0.6 is 11.6 Å². The fraction of sp³-hybridized carbons (Fsp3) is 0.474. The minimum absolute atomic E-state index is 0.766. The highest BCUT2D eigenvalue weighted by Crippen LogP contribution is 2.20. The molecule has 140 valence electrons. The Morgan fingerprint density at radius 1 is 1.27 bits per heavy atom. The summed E-state index contributed by atoms with van der Waals surface area (Å²) in [5.74, 6) is 1.00. The number of aliphatic imine (C=N–C) groups is 1. The Hall–Kier alpha value is -2.21. The van der Waals surface area contributed by atoms with Gasteiger partial charge >= 0.3 is 0 Å². The van der Waals surface area contributed by atoms with Crippen LogP contribution in [0.5, 0.6) is 0 Å². The lowest BCUT2D eigenvalue weighted by Crippen LogP contribution is -2.52. The van der Waals surface area contributed by atoms with Crippen LogP contribution in [0.2, 0.25) is 5.02 Å². The van der Waals surface area contributed by atoms with Crippen molar-refractivity contribution >= 4 is 23.2 Å². The number of aromatic nitrogens is 2. The Bertz CT molecular complexity index is 733. The molecule has 0 saturated carbocycles. The molecule has 0 aliphatic carbocycles. The molecule has 3 rings (SSSR count). The van der Waals surface area contributed by atoms with Crippen LogP contribution in [0, 0.1) is 0 Å². The zero-order valence-electron chi connectivity index (χ0n) is 15.5. The minimum atomic E-state index is 0.766. The lowest BCUT2D eigenvalue weighted by molar-refractivity contribution is 0.372. The summed E-state index contributed by atoms with van der Waals surface area (Å²) >= 11 is 6.12. The van der Waals surface area contributed by atoms with Gasteiger partial charge in [-0.1, -0.05) is 17.7 Å². The van der Waals surface area contributed by atoms with Gasteiger partial charge in [-0.2, -0.15) is 5.10 Å². The molecule has 0 spiro atoms. The molecule has 1 N–H and O–H groups in total. The average Bonchev–Trinajstić information content (AvgIpc) is 3.06. The molecule has 6 nitrogen and oxygen atoms in total. The molecule has 0 bridgehead atoms. The summed E-state index contributed by atoms with van der Waals surface area (Å²) in [6.07, 6.45) is 4.86. The minimum Gasteiger partial charge on any atom is -0.368 e. The fourth-order valence-electron chi connectivity index (χ4n) is 3.17. The van der Waals surface area contributed by atoms with Crippen LogP contribution < -0.4 is 10.2 Å². The number of halogens is 1. The van der Waals surface area contributed by atoms with E-state index in [0.717, 1.165) is 56.7 Å². The molecule has 1 aromatic carbocycles. The van der Waals surface area contributed by atoms with Crippen molar-refractivity contribution in [2.75, 3.05) is 44.2 Å². The number of guanidine groups is 1. The summed E-state index contributed by atoms with van der Waals surface area (Å²) in [6, 6.07) is 8.08. The second kappa shape index (κ2) is 8.94. The van der Waals surface area contributed by atoms with Crippen LogP contribution in [0.4, 0.5) is 5.69 Å². The number of rotatable bonds is 5. The highest BCUT2D eigenvalue weighted by atomic mass is 35.5. The van der Waals surface area contributed by atoms with Crippen molar-refractivity contribution in [3.63, 3.8) is 0 Å². The van der Waals surface area contributed by atoms with E-state index in [2.05, 4.69) is 33.2 Å². The summed E-state index contributed by atoms with van der Waals surface area (Å²) < 4.78 is 1.83. The van der Waals surface area contributed by atoms with Crippen LogP contribution in [0.25, 0.3) is 0 Å². The van der Waals surface area contributed by atoms with E-state index in [0.29, 0.717) is 0 Å². The molecule has 0 unspecified atom stereocenters. The normalized spacial score (nSPS) is 15.4. The maximum atomic E-state index is 6.12. The maximum absolute atomic E-state index is 6.12. The van der Waals surface area contributed by atoms with Crippen LogP contribution in [-0.2, 0) is 13.5 Å². The second-order valence-corrected chi connectivity index (χ2v) is 6.90. The lowest BCUT2D eigenvalue weighted by atomic mass is 10.2. The Balaban J connectivity index is 1.56. The Morgan fingerprint density at radius 2 is 2.08 bits per heavy atom. The largest absolute Gasteiger partial charge is 0.368 e. The monoisotopic (exact) mass is 374 g/mol. The van der Waals surface area contributed by atoms with Gasteiger partial charge in [0, 0.05) is 63.2 Å². The molecule has 1 fully saturated rings. The molecular weight excluding hydrogens is 348 g/mol. The standard InChI is InChI=1S/C19H27ClN6/c1-3-21-19(22-8-7-16-14-23-24(2)15-16)26-11-9-25(10-12-26)18-6-4-5-17(20)13-18/h4-6,13-15H,3,7-12H2,1-2H3,(H,21,22). The van der Waals surface area contributed by atoms with Crippen molar-refractivity contribution in [1.82, 2.24) is 20.0 Å². The fourth-order valence-corrected chi connectivity index (χ4v) is 3.35. The molecule has 0 amide bonds. The molecule has 7 heteroatoms. The number of piperazine rings is 1. The summed E-state index contributed by atoms with van der Waals surface area (Å²) in [5, 5.41) is 8.42. The molecule has 1 aliphatic heterocycles. The highest BCUT2D eigenvalue weighted by Gasteiger charge is 2.19.